The first-order valence-electron chi connectivity index (χ1n) is 5.97. The first-order chi connectivity index (χ1) is 6.58. The zero-order chi connectivity index (χ0) is 10.6. The quantitative estimate of drug-likeness (QED) is 0.677. The van der Waals surface area contributed by atoms with E-state index in [0.29, 0.717) is 11.5 Å². The molecular weight excluding hydrogens is 170 g/mol. The molecule has 0 heterocycles. The van der Waals surface area contributed by atoms with E-state index in [-0.39, 0.29) is 0 Å². The van der Waals surface area contributed by atoms with Crippen molar-refractivity contribution in [3.05, 3.63) is 11.6 Å². The Morgan fingerprint density at radius 3 is 2.36 bits per heavy atom. The number of likely N-dealkylation sites (N-methyl/N-ethyl adjacent to an activating group) is 1. The fourth-order valence-electron chi connectivity index (χ4n) is 2.55. The van der Waals surface area contributed by atoms with Crippen molar-refractivity contribution in [1.29, 1.82) is 0 Å². The molecule has 0 aromatic heterocycles. The third kappa shape index (κ3) is 2.84. The van der Waals surface area contributed by atoms with E-state index in [0.717, 1.165) is 6.54 Å². The number of rotatable bonds is 4. The van der Waals surface area contributed by atoms with E-state index in [9.17, 15) is 0 Å². The van der Waals surface area contributed by atoms with Crippen LogP contribution in [-0.4, -0.2) is 12.6 Å². The highest BCUT2D eigenvalue weighted by atomic mass is 14.9. The minimum atomic E-state index is 0.507. The van der Waals surface area contributed by atoms with Crippen molar-refractivity contribution < 1.29 is 0 Å². The molecule has 0 bridgehead atoms. The molecule has 1 aliphatic rings. The van der Waals surface area contributed by atoms with Crippen LogP contribution in [0, 0.1) is 5.41 Å². The number of hydrogen-bond acceptors (Lipinski definition) is 1. The van der Waals surface area contributed by atoms with Crippen LogP contribution in [0.25, 0.3) is 0 Å². The molecule has 1 rings (SSSR count). The molecule has 0 saturated heterocycles. The molecule has 1 N–H and O–H groups in total. The minimum Gasteiger partial charge on any atom is -0.310 e. The van der Waals surface area contributed by atoms with Crippen LogP contribution in [0.15, 0.2) is 11.6 Å². The first kappa shape index (κ1) is 11.8. The Morgan fingerprint density at radius 2 is 1.93 bits per heavy atom. The van der Waals surface area contributed by atoms with Gasteiger partial charge >= 0.3 is 0 Å². The molecule has 0 aromatic rings. The van der Waals surface area contributed by atoms with Crippen LogP contribution >= 0.6 is 0 Å². The van der Waals surface area contributed by atoms with E-state index in [4.69, 9.17) is 0 Å². The van der Waals surface area contributed by atoms with Crippen LogP contribution in [0.1, 0.15) is 53.4 Å². The molecule has 0 aromatic carbocycles. The summed E-state index contributed by atoms with van der Waals surface area (Å²) in [4.78, 5) is 0. The van der Waals surface area contributed by atoms with Gasteiger partial charge in [-0.2, -0.15) is 0 Å². The van der Waals surface area contributed by atoms with E-state index in [1.165, 1.54) is 31.3 Å². The Bertz CT molecular complexity index is 195. The summed E-state index contributed by atoms with van der Waals surface area (Å²) in [6.45, 7) is 10.1. The van der Waals surface area contributed by atoms with Crippen molar-refractivity contribution in [2.45, 2.75) is 59.4 Å². The van der Waals surface area contributed by atoms with Crippen molar-refractivity contribution in [2.75, 3.05) is 6.54 Å². The van der Waals surface area contributed by atoms with Gasteiger partial charge in [-0.1, -0.05) is 38.3 Å². The van der Waals surface area contributed by atoms with E-state index in [1.807, 2.05) is 0 Å². The second kappa shape index (κ2) is 4.97. The van der Waals surface area contributed by atoms with E-state index < -0.39 is 0 Å². The molecule has 0 spiro atoms. The Hall–Kier alpha value is -0.300. The zero-order valence-electron chi connectivity index (χ0n) is 10.2. The minimum absolute atomic E-state index is 0.507. The highest BCUT2D eigenvalue weighted by Gasteiger charge is 2.35. The number of hydrogen-bond donors (Lipinski definition) is 1. The van der Waals surface area contributed by atoms with E-state index in [1.54, 1.807) is 0 Å². The molecule has 1 nitrogen and oxygen atoms in total. The van der Waals surface area contributed by atoms with Crippen LogP contribution < -0.4 is 5.32 Å². The van der Waals surface area contributed by atoms with Gasteiger partial charge in [0.2, 0.25) is 0 Å². The largest absolute Gasteiger partial charge is 0.310 e. The summed E-state index contributed by atoms with van der Waals surface area (Å²) >= 11 is 0. The second-order valence-corrected chi connectivity index (χ2v) is 5.14. The third-order valence-corrected chi connectivity index (χ3v) is 3.42. The fraction of sp³-hybridized carbons (Fsp3) is 0.846. The van der Waals surface area contributed by atoms with Crippen LogP contribution in [0.3, 0.4) is 0 Å². The summed E-state index contributed by atoms with van der Waals surface area (Å²) in [7, 11) is 0. The molecule has 1 saturated carbocycles. The number of nitrogens with one attached hydrogen (secondary N) is 1. The van der Waals surface area contributed by atoms with Crippen LogP contribution in [-0.2, 0) is 0 Å². The van der Waals surface area contributed by atoms with E-state index >= 15 is 0 Å². The van der Waals surface area contributed by atoms with Gasteiger partial charge < -0.3 is 5.32 Å². The summed E-state index contributed by atoms with van der Waals surface area (Å²) in [6, 6.07) is 0.583. The Kier molecular flexibility index (Phi) is 4.18. The molecule has 0 aliphatic heterocycles. The maximum Gasteiger partial charge on any atom is 0.0306 e. The molecule has 1 aliphatic carbocycles. The summed E-state index contributed by atoms with van der Waals surface area (Å²) in [6.07, 6.45) is 8.00. The Morgan fingerprint density at radius 1 is 1.36 bits per heavy atom. The predicted octanol–water partition coefficient (Wildman–Crippen LogP) is 3.51. The summed E-state index contributed by atoms with van der Waals surface area (Å²) in [5.41, 5.74) is 1.94. The van der Waals surface area contributed by atoms with Gasteiger partial charge in [0.15, 0.2) is 0 Å². The highest BCUT2D eigenvalue weighted by molar-refractivity contribution is 5.08. The SMILES string of the molecule is CCNC(C=C(C)C)C1(C)CCCC1. The average molecular weight is 195 g/mol. The van der Waals surface area contributed by atoms with Crippen molar-refractivity contribution >= 4 is 0 Å². The maximum absolute atomic E-state index is 3.62. The molecule has 1 fully saturated rings. The topological polar surface area (TPSA) is 12.0 Å². The van der Waals surface area contributed by atoms with E-state index in [2.05, 4.69) is 39.1 Å². The average Bonchev–Trinajstić information content (AvgIpc) is 2.52. The first-order valence-corrected chi connectivity index (χ1v) is 5.97. The summed E-state index contributed by atoms with van der Waals surface area (Å²) < 4.78 is 0. The lowest BCUT2D eigenvalue weighted by atomic mass is 9.80. The van der Waals surface area contributed by atoms with Crippen molar-refractivity contribution in [3.8, 4) is 0 Å². The third-order valence-electron chi connectivity index (χ3n) is 3.42. The van der Waals surface area contributed by atoms with Gasteiger partial charge in [0.25, 0.3) is 0 Å². The summed E-state index contributed by atoms with van der Waals surface area (Å²) in [5, 5.41) is 3.62. The monoisotopic (exact) mass is 195 g/mol. The lowest BCUT2D eigenvalue weighted by molar-refractivity contribution is 0.261. The summed E-state index contributed by atoms with van der Waals surface area (Å²) in [5.74, 6) is 0. The molecular formula is C13H25N. The van der Waals surface area contributed by atoms with Crippen LogP contribution in [0.2, 0.25) is 0 Å². The lowest BCUT2D eigenvalue weighted by Gasteiger charge is -2.33. The van der Waals surface area contributed by atoms with Crippen LogP contribution in [0.4, 0.5) is 0 Å². The molecule has 1 atom stereocenters. The van der Waals surface area contributed by atoms with Gasteiger partial charge in [0.1, 0.15) is 0 Å². The van der Waals surface area contributed by atoms with Crippen LogP contribution in [0.5, 0.6) is 0 Å². The molecule has 1 heteroatoms. The van der Waals surface area contributed by atoms with Crippen molar-refractivity contribution in [2.24, 2.45) is 5.41 Å². The molecule has 14 heavy (non-hydrogen) atoms. The molecule has 0 amide bonds. The molecule has 82 valence electrons. The van der Waals surface area contributed by atoms with Gasteiger partial charge in [-0.05, 0) is 38.6 Å². The highest BCUT2D eigenvalue weighted by Crippen LogP contribution is 2.41. The maximum atomic E-state index is 3.62. The van der Waals surface area contributed by atoms with Gasteiger partial charge in [0, 0.05) is 6.04 Å². The smallest absolute Gasteiger partial charge is 0.0306 e. The standard InChI is InChI=1S/C13H25N/c1-5-14-12(10-11(2)3)13(4)8-6-7-9-13/h10,12,14H,5-9H2,1-4H3. The molecule has 0 radical (unpaired) electrons. The van der Waals surface area contributed by atoms with Crippen molar-refractivity contribution in [1.82, 2.24) is 5.32 Å². The second-order valence-electron chi connectivity index (χ2n) is 5.14. The van der Waals surface area contributed by atoms with Gasteiger partial charge in [-0.25, -0.2) is 0 Å². The van der Waals surface area contributed by atoms with Gasteiger partial charge in [-0.15, -0.1) is 0 Å². The fourth-order valence-corrected chi connectivity index (χ4v) is 2.55. The van der Waals surface area contributed by atoms with Crippen molar-refractivity contribution in [3.63, 3.8) is 0 Å². The zero-order valence-corrected chi connectivity index (χ0v) is 10.2. The Labute approximate surface area is 89.0 Å². The number of allylic oxidation sites excluding steroid dienone is 1. The predicted molar refractivity (Wildman–Crippen MR) is 63.5 cm³/mol. The normalized spacial score (nSPS) is 22.0. The van der Waals surface area contributed by atoms with Gasteiger partial charge in [0.05, 0.1) is 0 Å². The lowest BCUT2D eigenvalue weighted by Crippen LogP contribution is -2.40. The van der Waals surface area contributed by atoms with Gasteiger partial charge in [-0.3, -0.25) is 0 Å². The molecule has 1 unspecified atom stereocenters. The Balaban J connectivity index is 2.70.